The lowest BCUT2D eigenvalue weighted by atomic mass is 10.00. The highest BCUT2D eigenvalue weighted by molar-refractivity contribution is 5.73. The van der Waals surface area contributed by atoms with Crippen molar-refractivity contribution in [2.24, 2.45) is 5.92 Å². The third kappa shape index (κ3) is 4.00. The van der Waals surface area contributed by atoms with Crippen molar-refractivity contribution in [2.75, 3.05) is 6.54 Å². The van der Waals surface area contributed by atoms with Crippen molar-refractivity contribution in [3.05, 3.63) is 36.2 Å². The van der Waals surface area contributed by atoms with Crippen LogP contribution in [0, 0.1) is 5.92 Å². The molecule has 0 fully saturated rings. The first-order valence-corrected chi connectivity index (χ1v) is 7.13. The summed E-state index contributed by atoms with van der Waals surface area (Å²) in [5.74, 6) is 0.692. The van der Waals surface area contributed by atoms with Gasteiger partial charge < -0.3 is 5.32 Å². The van der Waals surface area contributed by atoms with E-state index in [0.717, 1.165) is 29.7 Å². The Morgan fingerprint density at radius 1 is 1.16 bits per heavy atom. The molecule has 0 radical (unpaired) electrons. The molecule has 0 amide bonds. The van der Waals surface area contributed by atoms with Crippen LogP contribution in [0.15, 0.2) is 30.5 Å². The summed E-state index contributed by atoms with van der Waals surface area (Å²) < 4.78 is 0. The molecule has 0 saturated heterocycles. The standard InChI is InChI=1S/C16H23N3/c1-4-17-13(9-12(2)3)10-14-11-18-15-7-5-6-8-16(15)19-14/h5-8,11-13,17H,4,9-10H2,1-3H3. The van der Waals surface area contributed by atoms with Crippen molar-refractivity contribution < 1.29 is 0 Å². The van der Waals surface area contributed by atoms with Gasteiger partial charge in [0.25, 0.3) is 0 Å². The summed E-state index contributed by atoms with van der Waals surface area (Å²) >= 11 is 0. The van der Waals surface area contributed by atoms with Gasteiger partial charge in [0.1, 0.15) is 0 Å². The predicted octanol–water partition coefficient (Wildman–Crippen LogP) is 3.20. The van der Waals surface area contributed by atoms with E-state index in [1.54, 1.807) is 0 Å². The van der Waals surface area contributed by atoms with Gasteiger partial charge in [-0.3, -0.25) is 4.98 Å². The Kier molecular flexibility index (Phi) is 4.86. The first-order chi connectivity index (χ1) is 9.19. The van der Waals surface area contributed by atoms with E-state index in [2.05, 4.69) is 31.1 Å². The van der Waals surface area contributed by atoms with Crippen LogP contribution in [0.2, 0.25) is 0 Å². The van der Waals surface area contributed by atoms with Gasteiger partial charge in [-0.2, -0.15) is 0 Å². The summed E-state index contributed by atoms with van der Waals surface area (Å²) in [6.45, 7) is 7.67. The zero-order valence-electron chi connectivity index (χ0n) is 12.1. The Hall–Kier alpha value is -1.48. The molecule has 1 heterocycles. The van der Waals surface area contributed by atoms with Crippen LogP contribution in [0.5, 0.6) is 0 Å². The van der Waals surface area contributed by atoms with Crippen LogP contribution in [0.4, 0.5) is 0 Å². The zero-order valence-corrected chi connectivity index (χ0v) is 12.1. The molecule has 3 nitrogen and oxygen atoms in total. The summed E-state index contributed by atoms with van der Waals surface area (Å²) in [4.78, 5) is 9.19. The molecule has 1 N–H and O–H groups in total. The molecule has 0 saturated carbocycles. The Labute approximate surface area is 115 Å². The van der Waals surface area contributed by atoms with Gasteiger partial charge in [0.15, 0.2) is 0 Å². The first kappa shape index (κ1) is 13.9. The minimum absolute atomic E-state index is 0.487. The summed E-state index contributed by atoms with van der Waals surface area (Å²) in [5.41, 5.74) is 3.03. The largest absolute Gasteiger partial charge is 0.314 e. The highest BCUT2D eigenvalue weighted by atomic mass is 14.9. The van der Waals surface area contributed by atoms with E-state index in [4.69, 9.17) is 4.98 Å². The van der Waals surface area contributed by atoms with Crippen LogP contribution in [0.3, 0.4) is 0 Å². The smallest absolute Gasteiger partial charge is 0.0890 e. The second-order valence-electron chi connectivity index (χ2n) is 5.44. The maximum Gasteiger partial charge on any atom is 0.0890 e. The lowest BCUT2D eigenvalue weighted by Gasteiger charge is -2.19. The van der Waals surface area contributed by atoms with E-state index in [1.165, 1.54) is 6.42 Å². The van der Waals surface area contributed by atoms with E-state index >= 15 is 0 Å². The number of fused-ring (bicyclic) bond motifs is 1. The molecule has 1 aromatic carbocycles. The van der Waals surface area contributed by atoms with Crippen LogP contribution >= 0.6 is 0 Å². The quantitative estimate of drug-likeness (QED) is 0.863. The molecule has 1 unspecified atom stereocenters. The second kappa shape index (κ2) is 6.62. The van der Waals surface area contributed by atoms with Crippen molar-refractivity contribution in [2.45, 2.75) is 39.7 Å². The molecule has 0 bridgehead atoms. The topological polar surface area (TPSA) is 37.8 Å². The molecule has 1 aromatic heterocycles. The molecule has 0 aliphatic rings. The fraction of sp³-hybridized carbons (Fsp3) is 0.500. The monoisotopic (exact) mass is 257 g/mol. The van der Waals surface area contributed by atoms with E-state index in [-0.39, 0.29) is 0 Å². The lowest BCUT2D eigenvalue weighted by Crippen LogP contribution is -2.32. The summed E-state index contributed by atoms with van der Waals surface area (Å²) in [5, 5.41) is 3.54. The highest BCUT2D eigenvalue weighted by Gasteiger charge is 2.12. The van der Waals surface area contributed by atoms with Gasteiger partial charge in [-0.25, -0.2) is 4.98 Å². The summed E-state index contributed by atoms with van der Waals surface area (Å²) in [6.07, 6.45) is 4.03. The number of likely N-dealkylation sites (N-methyl/N-ethyl adjacent to an activating group) is 1. The van der Waals surface area contributed by atoms with E-state index in [1.807, 2.05) is 30.5 Å². The van der Waals surface area contributed by atoms with Crippen LogP contribution in [-0.2, 0) is 6.42 Å². The predicted molar refractivity (Wildman–Crippen MR) is 80.2 cm³/mol. The third-order valence-corrected chi connectivity index (χ3v) is 3.20. The minimum atomic E-state index is 0.487. The van der Waals surface area contributed by atoms with E-state index < -0.39 is 0 Å². The second-order valence-corrected chi connectivity index (χ2v) is 5.44. The maximum absolute atomic E-state index is 4.70. The maximum atomic E-state index is 4.70. The number of aromatic nitrogens is 2. The Bertz CT molecular complexity index is 522. The van der Waals surface area contributed by atoms with Gasteiger partial charge in [-0.05, 0) is 31.0 Å². The van der Waals surface area contributed by atoms with Gasteiger partial charge in [0.05, 0.1) is 16.7 Å². The van der Waals surface area contributed by atoms with Crippen LogP contribution in [0.25, 0.3) is 11.0 Å². The molecule has 0 aliphatic heterocycles. The SMILES string of the molecule is CCNC(Cc1cnc2ccccc2n1)CC(C)C. The molecule has 19 heavy (non-hydrogen) atoms. The number of nitrogens with one attached hydrogen (secondary N) is 1. The fourth-order valence-corrected chi connectivity index (χ4v) is 2.44. The average molecular weight is 257 g/mol. The fourth-order valence-electron chi connectivity index (χ4n) is 2.44. The summed E-state index contributed by atoms with van der Waals surface area (Å²) in [6, 6.07) is 8.52. The van der Waals surface area contributed by atoms with Gasteiger partial charge in [-0.15, -0.1) is 0 Å². The molecular formula is C16H23N3. The van der Waals surface area contributed by atoms with Crippen molar-refractivity contribution >= 4 is 11.0 Å². The molecule has 2 aromatic rings. The van der Waals surface area contributed by atoms with E-state index in [0.29, 0.717) is 12.0 Å². The van der Waals surface area contributed by atoms with Gasteiger partial charge in [0, 0.05) is 18.7 Å². The van der Waals surface area contributed by atoms with Crippen molar-refractivity contribution in [1.29, 1.82) is 0 Å². The third-order valence-electron chi connectivity index (χ3n) is 3.20. The number of nitrogens with zero attached hydrogens (tertiary/aromatic N) is 2. The first-order valence-electron chi connectivity index (χ1n) is 7.13. The van der Waals surface area contributed by atoms with Gasteiger partial charge in [-0.1, -0.05) is 32.9 Å². The zero-order chi connectivity index (χ0) is 13.7. The van der Waals surface area contributed by atoms with Gasteiger partial charge in [0.2, 0.25) is 0 Å². The highest BCUT2D eigenvalue weighted by Crippen LogP contribution is 2.12. The number of rotatable bonds is 6. The van der Waals surface area contributed by atoms with Crippen molar-refractivity contribution in [1.82, 2.24) is 15.3 Å². The van der Waals surface area contributed by atoms with E-state index in [9.17, 15) is 0 Å². The number of para-hydroxylation sites is 2. The summed E-state index contributed by atoms with van der Waals surface area (Å²) in [7, 11) is 0. The lowest BCUT2D eigenvalue weighted by molar-refractivity contribution is 0.421. The molecule has 0 spiro atoms. The van der Waals surface area contributed by atoms with Gasteiger partial charge >= 0.3 is 0 Å². The Morgan fingerprint density at radius 2 is 1.89 bits per heavy atom. The van der Waals surface area contributed by atoms with Crippen molar-refractivity contribution in [3.8, 4) is 0 Å². The van der Waals surface area contributed by atoms with Crippen molar-refractivity contribution in [3.63, 3.8) is 0 Å². The molecule has 3 heteroatoms. The molecule has 2 rings (SSSR count). The normalized spacial score (nSPS) is 13.1. The minimum Gasteiger partial charge on any atom is -0.314 e. The van der Waals surface area contributed by atoms with Crippen LogP contribution in [0.1, 0.15) is 32.9 Å². The van der Waals surface area contributed by atoms with Crippen LogP contribution < -0.4 is 5.32 Å². The number of benzene rings is 1. The number of hydrogen-bond donors (Lipinski definition) is 1. The average Bonchev–Trinajstić information content (AvgIpc) is 2.38. The molecular weight excluding hydrogens is 234 g/mol. The molecule has 102 valence electrons. The Balaban J connectivity index is 2.13. The number of hydrogen-bond acceptors (Lipinski definition) is 3. The molecule has 1 atom stereocenters. The van der Waals surface area contributed by atoms with Crippen LogP contribution in [-0.4, -0.2) is 22.6 Å². The Morgan fingerprint density at radius 3 is 2.58 bits per heavy atom. The molecule has 0 aliphatic carbocycles.